The number of hydrogen-bond donors (Lipinski definition) is 2. The molecule has 0 spiro atoms. The highest BCUT2D eigenvalue weighted by Gasteiger charge is 2.33. The van der Waals surface area contributed by atoms with Crippen LogP contribution in [0.15, 0.2) is 23.0 Å². The Hall–Kier alpha value is -0.740. The van der Waals surface area contributed by atoms with Gasteiger partial charge in [0.1, 0.15) is 0 Å². The number of nitrogens with two attached hydrogens (primary N) is 1. The van der Waals surface area contributed by atoms with E-state index < -0.39 is 0 Å². The lowest BCUT2D eigenvalue weighted by Gasteiger charge is -2.40. The molecule has 0 aliphatic carbocycles. The van der Waals surface area contributed by atoms with E-state index in [9.17, 15) is 4.79 Å². The summed E-state index contributed by atoms with van der Waals surface area (Å²) in [6, 6.07) is -0.0415. The number of carbonyl (C=O) groups is 1. The number of nitrogens with zero attached hydrogens (tertiary/aromatic N) is 1. The molecule has 2 heterocycles. The van der Waals surface area contributed by atoms with E-state index in [0.29, 0.717) is 5.25 Å². The molecule has 1 fully saturated rings. The monoisotopic (exact) mass is 268 g/mol. The first-order valence-corrected chi connectivity index (χ1v) is 8.43. The molecule has 1 amide bonds. The number of amides is 1. The van der Waals surface area contributed by atoms with E-state index in [4.69, 9.17) is 5.73 Å². The maximum Gasteiger partial charge on any atom is 0.234 e. The van der Waals surface area contributed by atoms with Crippen molar-refractivity contribution in [3.8, 4) is 0 Å². The molecule has 0 aromatic rings. The Morgan fingerprint density at radius 2 is 2.17 bits per heavy atom. The second kappa shape index (κ2) is 6.43. The average Bonchev–Trinajstić information content (AvgIpc) is 2.90. The summed E-state index contributed by atoms with van der Waals surface area (Å²) in [5.74, 6) is -0.141. The van der Waals surface area contributed by atoms with Crippen molar-refractivity contribution in [3.63, 3.8) is 0 Å². The van der Waals surface area contributed by atoms with E-state index in [2.05, 4.69) is 34.8 Å². The Kier molecular flexibility index (Phi) is 4.89. The van der Waals surface area contributed by atoms with Gasteiger partial charge in [-0.15, -0.1) is 0 Å². The third-order valence-corrected chi connectivity index (χ3v) is 6.21. The van der Waals surface area contributed by atoms with Gasteiger partial charge in [0.15, 0.2) is 0 Å². The van der Waals surface area contributed by atoms with Crippen LogP contribution in [0.2, 0.25) is 0 Å². The Morgan fingerprint density at radius 3 is 2.78 bits per heavy atom. The molecule has 0 aromatic heterocycles. The molecule has 3 nitrogen and oxygen atoms in total. The third kappa shape index (κ3) is 3.18. The topological polar surface area (TPSA) is 46.3 Å². The predicted octanol–water partition coefficient (Wildman–Crippen LogP) is 2.15. The zero-order chi connectivity index (χ0) is 13.0. The van der Waals surface area contributed by atoms with Crippen LogP contribution in [0.4, 0.5) is 0 Å². The third-order valence-electron chi connectivity index (χ3n) is 3.86. The molecule has 2 atom stereocenters. The second-order valence-electron chi connectivity index (χ2n) is 5.12. The standard InChI is InChI=1S/C14H24N2OS/c1-2-3-7-16-8-6-12(11-13(16)14(15)17)18-9-4-5-10-18/h4-5,9-10,12-13,18H,2-3,6-8,11H2,1H3,(H2,15,17). The first-order chi connectivity index (χ1) is 8.72. The van der Waals surface area contributed by atoms with Crippen molar-refractivity contribution in [2.24, 2.45) is 5.73 Å². The number of thiol groups is 1. The number of likely N-dealkylation sites (tertiary alicyclic amines) is 1. The van der Waals surface area contributed by atoms with E-state index in [1.165, 1.54) is 12.8 Å². The molecule has 0 aromatic carbocycles. The Labute approximate surface area is 112 Å². The van der Waals surface area contributed by atoms with Crippen LogP contribution in [-0.2, 0) is 4.79 Å². The molecule has 2 aliphatic heterocycles. The number of allylic oxidation sites excluding steroid dienone is 2. The highest BCUT2D eigenvalue weighted by molar-refractivity contribution is 8.22. The summed E-state index contributed by atoms with van der Waals surface area (Å²) < 4.78 is 0. The Morgan fingerprint density at radius 1 is 1.44 bits per heavy atom. The minimum atomic E-state index is -0.142. The van der Waals surface area contributed by atoms with Gasteiger partial charge in [0.25, 0.3) is 0 Å². The zero-order valence-electron chi connectivity index (χ0n) is 11.1. The van der Waals surface area contributed by atoms with E-state index in [-0.39, 0.29) is 22.8 Å². The lowest BCUT2D eigenvalue weighted by atomic mass is 10.0. The van der Waals surface area contributed by atoms with Crippen molar-refractivity contribution >= 4 is 16.8 Å². The van der Waals surface area contributed by atoms with Gasteiger partial charge in [-0.25, -0.2) is 10.9 Å². The molecule has 0 radical (unpaired) electrons. The van der Waals surface area contributed by atoms with Gasteiger partial charge in [0.05, 0.1) is 6.04 Å². The van der Waals surface area contributed by atoms with Crippen LogP contribution >= 0.6 is 10.9 Å². The van der Waals surface area contributed by atoms with E-state index >= 15 is 0 Å². The quantitative estimate of drug-likeness (QED) is 0.751. The molecule has 4 heteroatoms. The van der Waals surface area contributed by atoms with Crippen LogP contribution in [-0.4, -0.2) is 35.2 Å². The van der Waals surface area contributed by atoms with Gasteiger partial charge < -0.3 is 5.73 Å². The van der Waals surface area contributed by atoms with E-state index in [0.717, 1.165) is 25.9 Å². The number of primary amides is 1. The summed E-state index contributed by atoms with van der Waals surface area (Å²) in [6.45, 7) is 4.22. The van der Waals surface area contributed by atoms with E-state index in [1.807, 2.05) is 0 Å². The number of hydrogen-bond acceptors (Lipinski definition) is 2. The molecule has 2 aliphatic rings. The summed E-state index contributed by atoms with van der Waals surface area (Å²) in [6.07, 6.45) is 8.74. The van der Waals surface area contributed by atoms with Crippen molar-refractivity contribution in [2.45, 2.75) is 43.9 Å². The van der Waals surface area contributed by atoms with Gasteiger partial charge >= 0.3 is 0 Å². The smallest absolute Gasteiger partial charge is 0.234 e. The molecule has 2 unspecified atom stereocenters. The molecule has 102 valence electrons. The summed E-state index contributed by atoms with van der Waals surface area (Å²) >= 11 is 0. The van der Waals surface area contributed by atoms with Gasteiger partial charge in [0, 0.05) is 0 Å². The Balaban J connectivity index is 1.96. The summed E-state index contributed by atoms with van der Waals surface area (Å²) in [7, 11) is -0.142. The van der Waals surface area contributed by atoms with Crippen molar-refractivity contribution in [2.75, 3.05) is 13.1 Å². The highest BCUT2D eigenvalue weighted by atomic mass is 32.2. The van der Waals surface area contributed by atoms with Gasteiger partial charge in [-0.2, -0.15) is 0 Å². The van der Waals surface area contributed by atoms with Crippen LogP contribution in [0, 0.1) is 0 Å². The highest BCUT2D eigenvalue weighted by Crippen LogP contribution is 2.44. The van der Waals surface area contributed by atoms with Crippen molar-refractivity contribution in [1.29, 1.82) is 0 Å². The van der Waals surface area contributed by atoms with Crippen LogP contribution in [0.3, 0.4) is 0 Å². The molecule has 2 N–H and O–H groups in total. The molecule has 0 bridgehead atoms. The Bertz CT molecular complexity index is 342. The fourth-order valence-electron chi connectivity index (χ4n) is 2.78. The first-order valence-electron chi connectivity index (χ1n) is 6.88. The number of rotatable bonds is 5. The van der Waals surface area contributed by atoms with Gasteiger partial charge in [-0.3, -0.25) is 9.69 Å². The van der Waals surface area contributed by atoms with Crippen LogP contribution in [0.5, 0.6) is 0 Å². The zero-order valence-corrected chi connectivity index (χ0v) is 12.0. The second-order valence-corrected chi connectivity index (χ2v) is 7.34. The largest absolute Gasteiger partial charge is 0.368 e. The maximum atomic E-state index is 11.6. The molecule has 0 saturated carbocycles. The van der Waals surface area contributed by atoms with Gasteiger partial charge in [-0.1, -0.05) is 25.5 Å². The average molecular weight is 268 g/mol. The molecule has 18 heavy (non-hydrogen) atoms. The number of unbranched alkanes of at least 4 members (excludes halogenated alkanes) is 1. The molecule has 1 saturated heterocycles. The lowest BCUT2D eigenvalue weighted by Crippen LogP contribution is -2.51. The van der Waals surface area contributed by atoms with Crippen LogP contribution in [0.1, 0.15) is 32.6 Å². The van der Waals surface area contributed by atoms with E-state index in [1.54, 1.807) is 0 Å². The summed E-state index contributed by atoms with van der Waals surface area (Å²) in [4.78, 5) is 13.9. The summed E-state index contributed by atoms with van der Waals surface area (Å²) in [5, 5.41) is 5.25. The fourth-order valence-corrected chi connectivity index (χ4v) is 4.82. The SMILES string of the molecule is CCCCN1CCC([SH]2C=CC=C2)CC1C(N)=O. The van der Waals surface area contributed by atoms with Crippen LogP contribution in [0.25, 0.3) is 0 Å². The minimum Gasteiger partial charge on any atom is -0.368 e. The lowest BCUT2D eigenvalue weighted by molar-refractivity contribution is -0.124. The predicted molar refractivity (Wildman–Crippen MR) is 79.8 cm³/mol. The molecular formula is C14H24N2OS. The molecule has 2 rings (SSSR count). The number of piperidine rings is 1. The minimum absolute atomic E-state index is 0.0415. The van der Waals surface area contributed by atoms with Gasteiger partial charge in [0.2, 0.25) is 5.91 Å². The fraction of sp³-hybridized carbons (Fsp3) is 0.643. The molecular weight excluding hydrogens is 244 g/mol. The normalized spacial score (nSPS) is 29.9. The van der Waals surface area contributed by atoms with Gasteiger partial charge in [-0.05, 0) is 48.4 Å². The van der Waals surface area contributed by atoms with Crippen LogP contribution < -0.4 is 5.73 Å². The first kappa shape index (κ1) is 13.7. The van der Waals surface area contributed by atoms with Crippen molar-refractivity contribution < 1.29 is 4.79 Å². The summed E-state index contributed by atoms with van der Waals surface area (Å²) in [5.41, 5.74) is 5.58. The maximum absolute atomic E-state index is 11.6. The van der Waals surface area contributed by atoms with Crippen molar-refractivity contribution in [1.82, 2.24) is 4.90 Å². The number of carbonyl (C=O) groups excluding carboxylic acids is 1. The van der Waals surface area contributed by atoms with Crippen molar-refractivity contribution in [3.05, 3.63) is 23.0 Å².